The highest BCUT2D eigenvalue weighted by Gasteiger charge is 2.25. The Morgan fingerprint density at radius 2 is 2.25 bits per heavy atom. The molecule has 0 spiro atoms. The molecule has 1 saturated heterocycles. The van der Waals surface area contributed by atoms with Crippen molar-refractivity contribution in [2.75, 3.05) is 13.2 Å². The van der Waals surface area contributed by atoms with Crippen LogP contribution in [0, 0.1) is 6.92 Å². The first kappa shape index (κ1) is 13.4. The number of ether oxygens (including phenoxy) is 1. The van der Waals surface area contributed by atoms with Crippen molar-refractivity contribution in [3.05, 3.63) is 29.3 Å². The molecule has 0 bridgehead atoms. The molecule has 2 aliphatic rings. The zero-order valence-electron chi connectivity index (χ0n) is 11.9. The van der Waals surface area contributed by atoms with Crippen LogP contribution in [-0.2, 0) is 4.79 Å². The van der Waals surface area contributed by atoms with Gasteiger partial charge in [0, 0.05) is 30.6 Å². The molecule has 0 aromatic heterocycles. The van der Waals surface area contributed by atoms with Crippen LogP contribution in [0.15, 0.2) is 18.2 Å². The second-order valence-corrected chi connectivity index (χ2v) is 5.79. The number of rotatable bonds is 2. The van der Waals surface area contributed by atoms with Crippen molar-refractivity contribution in [3.63, 3.8) is 0 Å². The first-order valence-corrected chi connectivity index (χ1v) is 7.48. The summed E-state index contributed by atoms with van der Waals surface area (Å²) in [6.45, 7) is 3.63. The van der Waals surface area contributed by atoms with Gasteiger partial charge in [0.1, 0.15) is 5.75 Å². The number of hydrogen-bond acceptors (Lipinski definition) is 3. The van der Waals surface area contributed by atoms with E-state index < -0.39 is 0 Å². The van der Waals surface area contributed by atoms with E-state index in [1.165, 1.54) is 11.1 Å². The van der Waals surface area contributed by atoms with Gasteiger partial charge in [-0.25, -0.2) is 0 Å². The van der Waals surface area contributed by atoms with Gasteiger partial charge in [0.15, 0.2) is 0 Å². The van der Waals surface area contributed by atoms with Crippen LogP contribution in [0.25, 0.3) is 0 Å². The summed E-state index contributed by atoms with van der Waals surface area (Å²) in [4.78, 5) is 11.2. The van der Waals surface area contributed by atoms with E-state index in [1.54, 1.807) is 0 Å². The summed E-state index contributed by atoms with van der Waals surface area (Å²) in [7, 11) is 0. The summed E-state index contributed by atoms with van der Waals surface area (Å²) in [6, 6.07) is 7.09. The third-order valence-electron chi connectivity index (χ3n) is 4.14. The normalized spacial score (nSPS) is 26.1. The molecule has 0 unspecified atom stereocenters. The number of carbonyl (C=O) groups is 1. The molecule has 1 amide bonds. The summed E-state index contributed by atoms with van der Waals surface area (Å²) in [5.41, 5.74) is 2.53. The predicted octanol–water partition coefficient (Wildman–Crippen LogP) is 2.08. The van der Waals surface area contributed by atoms with Gasteiger partial charge in [0.2, 0.25) is 5.91 Å². The van der Waals surface area contributed by atoms with Gasteiger partial charge in [-0.05, 0) is 32.3 Å². The number of amides is 1. The van der Waals surface area contributed by atoms with Crippen LogP contribution in [0.3, 0.4) is 0 Å². The molecule has 3 rings (SSSR count). The third kappa shape index (κ3) is 2.96. The average molecular weight is 274 g/mol. The molecule has 0 aliphatic carbocycles. The number of hydrogen-bond donors (Lipinski definition) is 2. The molecule has 20 heavy (non-hydrogen) atoms. The first-order chi connectivity index (χ1) is 9.72. The van der Waals surface area contributed by atoms with Crippen LogP contribution in [0.1, 0.15) is 42.9 Å². The topological polar surface area (TPSA) is 50.4 Å². The van der Waals surface area contributed by atoms with E-state index in [1.807, 2.05) is 0 Å². The zero-order valence-corrected chi connectivity index (χ0v) is 11.9. The van der Waals surface area contributed by atoms with Gasteiger partial charge in [0.05, 0.1) is 6.61 Å². The lowest BCUT2D eigenvalue weighted by molar-refractivity contribution is -0.122. The van der Waals surface area contributed by atoms with Gasteiger partial charge in [-0.3, -0.25) is 4.79 Å². The van der Waals surface area contributed by atoms with Crippen molar-refractivity contribution in [1.29, 1.82) is 0 Å². The Hall–Kier alpha value is -1.55. The van der Waals surface area contributed by atoms with E-state index in [4.69, 9.17) is 4.74 Å². The maximum Gasteiger partial charge on any atom is 0.220 e. The van der Waals surface area contributed by atoms with E-state index >= 15 is 0 Å². The van der Waals surface area contributed by atoms with E-state index in [0.717, 1.165) is 38.2 Å². The SMILES string of the molecule is Cc1ccc2c(c1)[C@H](N[C@@H]1CCC(=O)NC1)CCCO2. The number of aryl methyl sites for hydroxylation is 1. The van der Waals surface area contributed by atoms with Crippen LogP contribution < -0.4 is 15.4 Å². The molecular formula is C16H22N2O2. The summed E-state index contributed by atoms with van der Waals surface area (Å²) in [6.07, 6.45) is 3.69. The summed E-state index contributed by atoms with van der Waals surface area (Å²) in [5.74, 6) is 1.17. The molecule has 2 N–H and O–H groups in total. The predicted molar refractivity (Wildman–Crippen MR) is 77.8 cm³/mol. The van der Waals surface area contributed by atoms with Crippen LogP contribution in [-0.4, -0.2) is 25.1 Å². The lowest BCUT2D eigenvalue weighted by Crippen LogP contribution is -2.46. The molecular weight excluding hydrogens is 252 g/mol. The van der Waals surface area contributed by atoms with E-state index in [2.05, 4.69) is 35.8 Å². The molecule has 2 heterocycles. The largest absolute Gasteiger partial charge is 0.493 e. The van der Waals surface area contributed by atoms with Gasteiger partial charge in [0.25, 0.3) is 0 Å². The fraction of sp³-hybridized carbons (Fsp3) is 0.562. The van der Waals surface area contributed by atoms with Crippen molar-refractivity contribution in [1.82, 2.24) is 10.6 Å². The Bertz CT molecular complexity index is 491. The third-order valence-corrected chi connectivity index (χ3v) is 4.14. The van der Waals surface area contributed by atoms with Crippen molar-refractivity contribution in [2.24, 2.45) is 0 Å². The van der Waals surface area contributed by atoms with E-state index in [0.29, 0.717) is 18.5 Å². The van der Waals surface area contributed by atoms with E-state index in [-0.39, 0.29) is 5.91 Å². The van der Waals surface area contributed by atoms with Gasteiger partial charge >= 0.3 is 0 Å². The number of nitrogens with one attached hydrogen (secondary N) is 2. The molecule has 2 aliphatic heterocycles. The highest BCUT2D eigenvalue weighted by molar-refractivity contribution is 5.76. The monoisotopic (exact) mass is 274 g/mol. The quantitative estimate of drug-likeness (QED) is 0.868. The molecule has 1 fully saturated rings. The van der Waals surface area contributed by atoms with Crippen LogP contribution in [0.5, 0.6) is 5.75 Å². The van der Waals surface area contributed by atoms with E-state index in [9.17, 15) is 4.79 Å². The number of fused-ring (bicyclic) bond motifs is 1. The zero-order chi connectivity index (χ0) is 13.9. The second-order valence-electron chi connectivity index (χ2n) is 5.79. The highest BCUT2D eigenvalue weighted by Crippen LogP contribution is 2.32. The molecule has 4 nitrogen and oxygen atoms in total. The molecule has 108 valence electrons. The lowest BCUT2D eigenvalue weighted by atomic mass is 9.97. The van der Waals surface area contributed by atoms with Gasteiger partial charge < -0.3 is 15.4 Å². The van der Waals surface area contributed by atoms with Crippen molar-refractivity contribution in [2.45, 2.75) is 44.7 Å². The van der Waals surface area contributed by atoms with Crippen molar-refractivity contribution < 1.29 is 9.53 Å². The maximum absolute atomic E-state index is 11.2. The smallest absolute Gasteiger partial charge is 0.220 e. The Labute approximate surface area is 119 Å². The summed E-state index contributed by atoms with van der Waals surface area (Å²) >= 11 is 0. The molecule has 2 atom stereocenters. The minimum atomic E-state index is 0.170. The van der Waals surface area contributed by atoms with Crippen molar-refractivity contribution >= 4 is 5.91 Å². The first-order valence-electron chi connectivity index (χ1n) is 7.48. The number of piperidine rings is 1. The van der Waals surface area contributed by atoms with Crippen LogP contribution in [0.4, 0.5) is 0 Å². The van der Waals surface area contributed by atoms with Crippen LogP contribution >= 0.6 is 0 Å². The molecule has 0 radical (unpaired) electrons. The fourth-order valence-corrected chi connectivity index (χ4v) is 3.03. The Morgan fingerprint density at radius 3 is 3.05 bits per heavy atom. The highest BCUT2D eigenvalue weighted by atomic mass is 16.5. The standard InChI is InChI=1S/C16H22N2O2/c1-11-4-6-15-13(9-11)14(3-2-8-20-15)18-12-5-7-16(19)17-10-12/h4,6,9,12,14,18H,2-3,5,7-8,10H2,1H3,(H,17,19)/t12-,14-/m1/s1. The molecule has 1 aromatic carbocycles. The van der Waals surface area contributed by atoms with Gasteiger partial charge in [-0.2, -0.15) is 0 Å². The van der Waals surface area contributed by atoms with Crippen molar-refractivity contribution in [3.8, 4) is 5.75 Å². The number of carbonyl (C=O) groups excluding carboxylic acids is 1. The lowest BCUT2D eigenvalue weighted by Gasteiger charge is -2.29. The number of benzene rings is 1. The summed E-state index contributed by atoms with van der Waals surface area (Å²) in [5, 5.41) is 6.65. The fourth-order valence-electron chi connectivity index (χ4n) is 3.03. The summed E-state index contributed by atoms with van der Waals surface area (Å²) < 4.78 is 5.83. The molecule has 4 heteroatoms. The second kappa shape index (κ2) is 5.83. The average Bonchev–Trinajstić information content (AvgIpc) is 2.64. The Balaban J connectivity index is 1.76. The maximum atomic E-state index is 11.2. The van der Waals surface area contributed by atoms with Gasteiger partial charge in [-0.1, -0.05) is 17.7 Å². The van der Waals surface area contributed by atoms with Gasteiger partial charge in [-0.15, -0.1) is 0 Å². The van der Waals surface area contributed by atoms with Crippen LogP contribution in [0.2, 0.25) is 0 Å². The minimum absolute atomic E-state index is 0.170. The molecule has 0 saturated carbocycles. The Kier molecular flexibility index (Phi) is 3.92. The Morgan fingerprint density at radius 1 is 1.35 bits per heavy atom. The molecule has 1 aromatic rings. The minimum Gasteiger partial charge on any atom is -0.493 e.